The summed E-state index contributed by atoms with van der Waals surface area (Å²) in [7, 11) is 2.03. The number of nitrogens with zero attached hydrogens (tertiary/aromatic N) is 1. The van der Waals surface area contributed by atoms with Crippen LogP contribution in [-0.4, -0.2) is 46.9 Å². The van der Waals surface area contributed by atoms with E-state index in [1.165, 1.54) is 0 Å². The molecule has 0 spiro atoms. The molecule has 0 saturated carbocycles. The SMILES string of the molecule is C[C@@H]1[C@H](CN(C)[C@H](C)[C@@H](O)c2ccccc2)O[C@H](c2cccc(-c3cccc(CNC(=O)NCc4ccccc4)c3)c2)O[C@@H]1c1ccc(CO)cc1. The van der Waals surface area contributed by atoms with Gasteiger partial charge in [-0.3, -0.25) is 4.90 Å². The van der Waals surface area contributed by atoms with E-state index in [0.29, 0.717) is 19.6 Å². The van der Waals surface area contributed by atoms with E-state index in [-0.39, 0.29) is 36.8 Å². The average molecular weight is 700 g/mol. The first kappa shape index (κ1) is 36.9. The van der Waals surface area contributed by atoms with Crippen LogP contribution >= 0.6 is 0 Å². The Morgan fingerprint density at radius 1 is 0.731 bits per heavy atom. The summed E-state index contributed by atoms with van der Waals surface area (Å²) in [5.74, 6) is -0.00278. The summed E-state index contributed by atoms with van der Waals surface area (Å²) in [6.45, 7) is 5.61. The molecular weight excluding hydrogens is 651 g/mol. The van der Waals surface area contributed by atoms with E-state index in [1.54, 1.807) is 0 Å². The maximum absolute atomic E-state index is 12.5. The number of urea groups is 1. The van der Waals surface area contributed by atoms with Gasteiger partial charge < -0.3 is 30.3 Å². The summed E-state index contributed by atoms with van der Waals surface area (Å²) in [6, 6.07) is 43.5. The molecule has 5 aromatic carbocycles. The number of nitrogens with one attached hydrogen (secondary N) is 2. The van der Waals surface area contributed by atoms with Crippen molar-refractivity contribution < 1.29 is 24.5 Å². The molecular formula is C44H49N3O5. The summed E-state index contributed by atoms with van der Waals surface area (Å²) in [5.41, 5.74) is 7.70. The molecule has 0 bridgehead atoms. The Balaban J connectivity index is 1.18. The van der Waals surface area contributed by atoms with Crippen molar-refractivity contribution in [2.45, 2.75) is 64.2 Å². The predicted molar refractivity (Wildman–Crippen MR) is 204 cm³/mol. The number of ether oxygens (including phenoxy) is 2. The molecule has 1 saturated heterocycles. The molecule has 270 valence electrons. The molecule has 1 fully saturated rings. The van der Waals surface area contributed by atoms with E-state index in [4.69, 9.17) is 9.47 Å². The molecule has 0 radical (unpaired) electrons. The zero-order valence-corrected chi connectivity index (χ0v) is 30.1. The number of amides is 2. The van der Waals surface area contributed by atoms with E-state index in [1.807, 2.05) is 123 Å². The fourth-order valence-electron chi connectivity index (χ4n) is 6.70. The van der Waals surface area contributed by atoms with Gasteiger partial charge in [-0.2, -0.15) is 0 Å². The predicted octanol–water partition coefficient (Wildman–Crippen LogP) is 7.69. The fourth-order valence-corrected chi connectivity index (χ4v) is 6.70. The van der Waals surface area contributed by atoms with Crippen LogP contribution in [0, 0.1) is 5.92 Å². The summed E-state index contributed by atoms with van der Waals surface area (Å²) < 4.78 is 13.5. The highest BCUT2D eigenvalue weighted by Crippen LogP contribution is 2.42. The van der Waals surface area contributed by atoms with Crippen molar-refractivity contribution in [2.24, 2.45) is 5.92 Å². The van der Waals surface area contributed by atoms with Gasteiger partial charge in [-0.05, 0) is 65.0 Å². The van der Waals surface area contributed by atoms with Crippen molar-refractivity contribution in [1.82, 2.24) is 15.5 Å². The lowest BCUT2D eigenvalue weighted by Gasteiger charge is -2.43. The average Bonchev–Trinajstić information content (AvgIpc) is 3.20. The number of likely N-dealkylation sites (N-methyl/N-ethyl adjacent to an activating group) is 1. The summed E-state index contributed by atoms with van der Waals surface area (Å²) >= 11 is 0. The van der Waals surface area contributed by atoms with Crippen LogP contribution in [0.25, 0.3) is 11.1 Å². The monoisotopic (exact) mass is 699 g/mol. The molecule has 2 amide bonds. The number of carbonyl (C=O) groups excluding carboxylic acids is 1. The lowest BCUT2D eigenvalue weighted by Crippen LogP contribution is -2.46. The van der Waals surface area contributed by atoms with Crippen molar-refractivity contribution in [1.29, 1.82) is 0 Å². The van der Waals surface area contributed by atoms with Crippen LogP contribution in [0.2, 0.25) is 0 Å². The van der Waals surface area contributed by atoms with Gasteiger partial charge in [0.05, 0.1) is 24.9 Å². The van der Waals surface area contributed by atoms with Gasteiger partial charge in [-0.15, -0.1) is 0 Å². The summed E-state index contributed by atoms with van der Waals surface area (Å²) in [5, 5.41) is 26.7. The first-order chi connectivity index (χ1) is 25.3. The third-order valence-electron chi connectivity index (χ3n) is 10.1. The first-order valence-corrected chi connectivity index (χ1v) is 18.0. The van der Waals surface area contributed by atoms with Gasteiger partial charge in [0.2, 0.25) is 0 Å². The second-order valence-electron chi connectivity index (χ2n) is 13.7. The van der Waals surface area contributed by atoms with Gasteiger partial charge in [-0.1, -0.05) is 128 Å². The molecule has 6 rings (SSSR count). The molecule has 0 aromatic heterocycles. The number of carbonyl (C=O) groups is 1. The van der Waals surface area contributed by atoms with E-state index in [9.17, 15) is 15.0 Å². The van der Waals surface area contributed by atoms with Gasteiger partial charge in [0.15, 0.2) is 6.29 Å². The van der Waals surface area contributed by atoms with Crippen molar-refractivity contribution in [3.8, 4) is 11.1 Å². The van der Waals surface area contributed by atoms with Gasteiger partial charge in [0.25, 0.3) is 0 Å². The van der Waals surface area contributed by atoms with E-state index < -0.39 is 12.4 Å². The number of aliphatic hydroxyl groups is 2. The number of hydrogen-bond acceptors (Lipinski definition) is 6. The zero-order valence-electron chi connectivity index (χ0n) is 30.1. The Morgan fingerprint density at radius 3 is 2.04 bits per heavy atom. The van der Waals surface area contributed by atoms with Gasteiger partial charge in [0, 0.05) is 37.2 Å². The molecule has 1 aliphatic heterocycles. The minimum Gasteiger partial charge on any atom is -0.392 e. The molecule has 0 unspecified atom stereocenters. The zero-order chi connectivity index (χ0) is 36.5. The molecule has 0 aliphatic carbocycles. The Morgan fingerprint density at radius 2 is 1.35 bits per heavy atom. The van der Waals surface area contributed by atoms with Crippen LogP contribution < -0.4 is 10.6 Å². The minimum atomic E-state index is -0.648. The second-order valence-corrected chi connectivity index (χ2v) is 13.7. The molecule has 4 N–H and O–H groups in total. The standard InChI is InChI=1S/C44H49N3O5/c1-30-40(28-47(3)31(2)41(49)35-15-8-5-9-16-35)51-43(52-42(30)36-22-20-33(29-48)21-23-36)39-19-11-18-38(25-39)37-17-10-14-34(24-37)27-46-44(50)45-26-32-12-6-4-7-13-32/h4-25,30-31,40-43,48-49H,26-29H2,1-3H3,(H2,45,46,50)/t30-,31-,40+,41-,42+,43+/m1/s1. The maximum Gasteiger partial charge on any atom is 0.315 e. The Kier molecular flexibility index (Phi) is 12.5. The Bertz CT molecular complexity index is 1870. The van der Waals surface area contributed by atoms with Gasteiger partial charge in [-0.25, -0.2) is 4.79 Å². The smallest absolute Gasteiger partial charge is 0.315 e. The Hall–Kier alpha value is -4.83. The van der Waals surface area contributed by atoms with Crippen LogP contribution in [0.1, 0.15) is 65.7 Å². The molecule has 52 heavy (non-hydrogen) atoms. The van der Waals surface area contributed by atoms with Gasteiger partial charge in [0.1, 0.15) is 0 Å². The highest BCUT2D eigenvalue weighted by atomic mass is 16.7. The van der Waals surface area contributed by atoms with E-state index >= 15 is 0 Å². The van der Waals surface area contributed by atoms with Crippen molar-refractivity contribution in [2.75, 3.05) is 13.6 Å². The quantitative estimate of drug-likeness (QED) is 0.101. The van der Waals surface area contributed by atoms with E-state index in [2.05, 4.69) is 46.7 Å². The molecule has 8 nitrogen and oxygen atoms in total. The Labute approximate surface area is 307 Å². The number of aliphatic hydroxyl groups excluding tert-OH is 2. The normalized spacial score (nSPS) is 19.9. The van der Waals surface area contributed by atoms with Crippen molar-refractivity contribution in [3.63, 3.8) is 0 Å². The summed E-state index contributed by atoms with van der Waals surface area (Å²) in [6.07, 6.45) is -1.75. The molecule has 5 aromatic rings. The third-order valence-corrected chi connectivity index (χ3v) is 10.1. The van der Waals surface area contributed by atoms with Crippen LogP contribution in [0.4, 0.5) is 4.79 Å². The molecule has 1 heterocycles. The van der Waals surface area contributed by atoms with Crippen LogP contribution in [0.3, 0.4) is 0 Å². The lowest BCUT2D eigenvalue weighted by molar-refractivity contribution is -0.276. The highest BCUT2D eigenvalue weighted by molar-refractivity contribution is 5.74. The third kappa shape index (κ3) is 9.33. The maximum atomic E-state index is 12.5. The number of rotatable bonds is 13. The topological polar surface area (TPSA) is 103 Å². The first-order valence-electron chi connectivity index (χ1n) is 18.0. The van der Waals surface area contributed by atoms with Crippen LogP contribution in [0.15, 0.2) is 133 Å². The molecule has 8 heteroatoms. The van der Waals surface area contributed by atoms with Crippen molar-refractivity contribution >= 4 is 6.03 Å². The van der Waals surface area contributed by atoms with E-state index in [0.717, 1.165) is 44.5 Å². The highest BCUT2D eigenvalue weighted by Gasteiger charge is 2.39. The largest absolute Gasteiger partial charge is 0.392 e. The number of benzene rings is 5. The van der Waals surface area contributed by atoms with Crippen LogP contribution in [-0.2, 0) is 29.2 Å². The minimum absolute atomic E-state index is 0.00278. The lowest BCUT2D eigenvalue weighted by atomic mass is 9.89. The van der Waals surface area contributed by atoms with Crippen LogP contribution in [0.5, 0.6) is 0 Å². The number of hydrogen-bond donors (Lipinski definition) is 4. The fraction of sp³-hybridized carbons (Fsp3) is 0.295. The summed E-state index contributed by atoms with van der Waals surface area (Å²) in [4.78, 5) is 14.7. The molecule has 6 atom stereocenters. The van der Waals surface area contributed by atoms with Gasteiger partial charge >= 0.3 is 6.03 Å². The molecule has 1 aliphatic rings. The van der Waals surface area contributed by atoms with Crippen molar-refractivity contribution in [3.05, 3.63) is 167 Å². The second kappa shape index (κ2) is 17.6.